The van der Waals surface area contributed by atoms with Gasteiger partial charge in [0.1, 0.15) is 0 Å². The molecule has 0 fully saturated rings. The molecule has 0 aromatic heterocycles. The minimum absolute atomic E-state index is 0. The van der Waals surface area contributed by atoms with Crippen LogP contribution >= 0.6 is 0 Å². The molecule has 0 aromatic rings. The van der Waals surface area contributed by atoms with Gasteiger partial charge in [-0.3, -0.25) is 0 Å². The molecule has 0 aliphatic heterocycles. The molecule has 0 radical (unpaired) electrons. The van der Waals surface area contributed by atoms with Crippen LogP contribution in [0.3, 0.4) is 0 Å². The Morgan fingerprint density at radius 2 is 1.91 bits per heavy atom. The van der Waals surface area contributed by atoms with Gasteiger partial charge in [-0.25, -0.2) is 8.42 Å². The number of hydrogen-bond donors (Lipinski definition) is 1. The van der Waals surface area contributed by atoms with Crippen LogP contribution in [-0.4, -0.2) is 32.3 Å². The van der Waals surface area contributed by atoms with Crippen molar-refractivity contribution in [1.29, 1.82) is 0 Å². The van der Waals surface area contributed by atoms with Gasteiger partial charge >= 0.3 is 18.9 Å². The van der Waals surface area contributed by atoms with Crippen LogP contribution in [0.2, 0.25) is 0 Å². The van der Waals surface area contributed by atoms with E-state index in [0.29, 0.717) is 6.42 Å². The summed E-state index contributed by atoms with van der Waals surface area (Å²) in [6.45, 7) is 0.759. The summed E-state index contributed by atoms with van der Waals surface area (Å²) in [5.74, 6) is -0.241. The molecule has 4 nitrogen and oxygen atoms in total. The van der Waals surface area contributed by atoms with Crippen molar-refractivity contribution in [1.82, 2.24) is 5.32 Å². The second-order valence-corrected chi connectivity index (χ2v) is 3.60. The Bertz CT molecular complexity index is 169. The molecule has 1 N–H and O–H groups in total. The van der Waals surface area contributed by atoms with Crippen LogP contribution in [-0.2, 0) is 10.1 Å². The molecule has 0 saturated carbocycles. The van der Waals surface area contributed by atoms with Crippen molar-refractivity contribution in [3.05, 3.63) is 0 Å². The van der Waals surface area contributed by atoms with Gasteiger partial charge in [0.15, 0.2) is 0 Å². The Balaban J connectivity index is 0. The maximum Gasteiger partial charge on any atom is 1.00 e. The van der Waals surface area contributed by atoms with E-state index in [-0.39, 0.29) is 24.6 Å². The van der Waals surface area contributed by atoms with Gasteiger partial charge in [0.05, 0.1) is 10.1 Å². The Labute approximate surface area is 79.7 Å². The van der Waals surface area contributed by atoms with E-state index < -0.39 is 10.1 Å². The number of nitrogens with one attached hydrogen (secondary N) is 1. The minimum Gasteiger partial charge on any atom is -0.748 e. The van der Waals surface area contributed by atoms with Gasteiger partial charge in [-0.1, -0.05) is 0 Å². The molecule has 0 heterocycles. The first-order valence-corrected chi connectivity index (χ1v) is 4.72. The van der Waals surface area contributed by atoms with Crippen molar-refractivity contribution in [2.24, 2.45) is 0 Å². The molecule has 0 amide bonds. The van der Waals surface area contributed by atoms with Crippen molar-refractivity contribution in [2.45, 2.75) is 12.8 Å². The van der Waals surface area contributed by atoms with Gasteiger partial charge in [-0.2, -0.15) is 0 Å². The fourth-order valence-electron chi connectivity index (χ4n) is 0.581. The smallest absolute Gasteiger partial charge is 0.748 e. The molecule has 0 aliphatic rings. The molecular weight excluding hydrogens is 161 g/mol. The van der Waals surface area contributed by atoms with E-state index in [0.717, 1.165) is 13.0 Å². The molecule has 0 unspecified atom stereocenters. The van der Waals surface area contributed by atoms with E-state index in [1.807, 2.05) is 0 Å². The predicted molar refractivity (Wildman–Crippen MR) is 37.7 cm³/mol. The summed E-state index contributed by atoms with van der Waals surface area (Å²) >= 11 is 0. The maximum atomic E-state index is 10.0. The van der Waals surface area contributed by atoms with Crippen LogP contribution in [0.4, 0.5) is 0 Å². The summed E-state index contributed by atoms with van der Waals surface area (Å²) < 4.78 is 30.1. The van der Waals surface area contributed by atoms with Crippen molar-refractivity contribution in [3.63, 3.8) is 0 Å². The molecule has 0 aromatic carbocycles. The fraction of sp³-hybridized carbons (Fsp3) is 1.00. The summed E-state index contributed by atoms with van der Waals surface area (Å²) in [7, 11) is -2.20. The summed E-state index contributed by atoms with van der Waals surface area (Å²) in [6.07, 6.45) is 1.19. The average Bonchev–Trinajstić information content (AvgIpc) is 1.78. The van der Waals surface area contributed by atoms with E-state index >= 15 is 0 Å². The molecule has 0 atom stereocenters. The Hall–Kier alpha value is 0.467. The van der Waals surface area contributed by atoms with Gasteiger partial charge in [0.2, 0.25) is 0 Å². The van der Waals surface area contributed by atoms with Crippen LogP contribution in [0.1, 0.15) is 12.8 Å². The maximum absolute atomic E-state index is 10.0. The second kappa shape index (κ2) is 7.13. The Morgan fingerprint density at radius 3 is 2.27 bits per heavy atom. The van der Waals surface area contributed by atoms with Crippen LogP contribution in [0.25, 0.3) is 0 Å². The summed E-state index contributed by atoms with van der Waals surface area (Å²) in [4.78, 5) is 0. The van der Waals surface area contributed by atoms with Gasteiger partial charge in [0, 0.05) is 5.75 Å². The van der Waals surface area contributed by atoms with Crippen LogP contribution < -0.4 is 24.2 Å². The normalized spacial score (nSPS) is 10.7. The van der Waals surface area contributed by atoms with Gasteiger partial charge in [-0.05, 0) is 26.4 Å². The summed E-state index contributed by atoms with van der Waals surface area (Å²) in [6, 6.07) is 0. The summed E-state index contributed by atoms with van der Waals surface area (Å²) in [5.41, 5.74) is 0. The molecule has 0 aliphatic carbocycles. The zero-order valence-electron chi connectivity index (χ0n) is 6.96. The number of rotatable bonds is 5. The molecule has 0 spiro atoms. The first-order valence-electron chi connectivity index (χ1n) is 3.14. The fourth-order valence-corrected chi connectivity index (χ4v) is 1.14. The van der Waals surface area contributed by atoms with Crippen LogP contribution in [0.5, 0.6) is 0 Å². The van der Waals surface area contributed by atoms with E-state index in [1.165, 1.54) is 0 Å². The third kappa shape index (κ3) is 13.5. The van der Waals surface area contributed by atoms with E-state index in [9.17, 15) is 13.0 Å². The molecule has 0 rings (SSSR count). The third-order valence-corrected chi connectivity index (χ3v) is 1.86. The molecule has 6 heteroatoms. The predicted octanol–water partition coefficient (Wildman–Crippen LogP) is -3.46. The standard InChI is InChI=1S/C5H13NO3S.Li/c1-6-4-2-3-5-10(7,8)9;/h6H,2-5H2,1H3,(H,7,8,9);/q;+1/p-1. The first-order chi connectivity index (χ1) is 4.56. The van der Waals surface area contributed by atoms with Gasteiger partial charge in [-0.15, -0.1) is 0 Å². The molecule has 62 valence electrons. The zero-order chi connectivity index (χ0) is 8.04. The molecule has 11 heavy (non-hydrogen) atoms. The topological polar surface area (TPSA) is 69.2 Å². The average molecular weight is 173 g/mol. The largest absolute Gasteiger partial charge is 1.00 e. The Kier molecular flexibility index (Phi) is 9.09. The van der Waals surface area contributed by atoms with E-state index in [4.69, 9.17) is 0 Å². The van der Waals surface area contributed by atoms with E-state index in [1.54, 1.807) is 7.05 Å². The van der Waals surface area contributed by atoms with Gasteiger partial charge < -0.3 is 9.87 Å². The van der Waals surface area contributed by atoms with Crippen molar-refractivity contribution < 1.29 is 31.8 Å². The van der Waals surface area contributed by atoms with Crippen molar-refractivity contribution >= 4 is 10.1 Å². The molecule has 0 bridgehead atoms. The van der Waals surface area contributed by atoms with Crippen LogP contribution in [0, 0.1) is 0 Å². The van der Waals surface area contributed by atoms with E-state index in [2.05, 4.69) is 5.32 Å². The first kappa shape index (κ1) is 14.0. The molecular formula is C5H12LiNO3S. The minimum atomic E-state index is -3.98. The second-order valence-electron chi connectivity index (χ2n) is 2.07. The zero-order valence-corrected chi connectivity index (χ0v) is 7.78. The third-order valence-electron chi connectivity index (χ3n) is 1.07. The van der Waals surface area contributed by atoms with Crippen molar-refractivity contribution in [2.75, 3.05) is 19.3 Å². The monoisotopic (exact) mass is 173 g/mol. The van der Waals surface area contributed by atoms with Crippen LogP contribution in [0.15, 0.2) is 0 Å². The molecule has 0 saturated heterocycles. The Morgan fingerprint density at radius 1 is 1.36 bits per heavy atom. The SMILES string of the molecule is CNCCCCS(=O)(=O)[O-].[Li+]. The van der Waals surface area contributed by atoms with Crippen molar-refractivity contribution in [3.8, 4) is 0 Å². The van der Waals surface area contributed by atoms with Gasteiger partial charge in [0.25, 0.3) is 0 Å². The number of unbranched alkanes of at least 4 members (excludes halogenated alkanes) is 1. The quantitative estimate of drug-likeness (QED) is 0.266. The number of hydrogen-bond acceptors (Lipinski definition) is 4. The summed E-state index contributed by atoms with van der Waals surface area (Å²) in [5, 5.41) is 2.86.